The molecule has 1 aliphatic rings. The molecule has 0 unspecified atom stereocenters. The molecule has 0 N–H and O–H groups in total. The van der Waals surface area contributed by atoms with Gasteiger partial charge in [-0.1, -0.05) is 38.5 Å². The molecule has 2 rings (SSSR count). The second kappa shape index (κ2) is 5.41. The number of nitrogens with zero attached hydrogens (tertiary/aromatic N) is 1. The molecule has 1 aliphatic heterocycles. The van der Waals surface area contributed by atoms with Crippen LogP contribution >= 0.6 is 12.6 Å². The van der Waals surface area contributed by atoms with E-state index < -0.39 is 0 Å². The Bertz CT molecular complexity index is 514. The molecule has 0 atom stereocenters. The predicted octanol–water partition coefficient (Wildman–Crippen LogP) is 3.79. The first-order chi connectivity index (χ1) is 8.88. The standard InChI is InChI=1S/C16H21NOS/c1-16(2,3)13-7-9-17(10-8-13)15(18)12-5-4-6-14(19)11-12/h4-7,11,19H,8-10H2,1-3H3. The lowest BCUT2D eigenvalue weighted by atomic mass is 9.83. The van der Waals surface area contributed by atoms with Gasteiger partial charge >= 0.3 is 0 Å². The van der Waals surface area contributed by atoms with Gasteiger partial charge in [-0.2, -0.15) is 0 Å². The van der Waals surface area contributed by atoms with E-state index >= 15 is 0 Å². The van der Waals surface area contributed by atoms with Gasteiger partial charge in [0.25, 0.3) is 5.91 Å². The molecule has 1 heterocycles. The molecule has 1 aromatic rings. The van der Waals surface area contributed by atoms with Crippen molar-refractivity contribution in [3.63, 3.8) is 0 Å². The first-order valence-corrected chi connectivity index (χ1v) is 7.10. The average Bonchev–Trinajstić information content (AvgIpc) is 2.37. The van der Waals surface area contributed by atoms with Crippen LogP contribution in [0.1, 0.15) is 37.6 Å². The van der Waals surface area contributed by atoms with Crippen LogP contribution in [0.25, 0.3) is 0 Å². The van der Waals surface area contributed by atoms with Gasteiger partial charge in [0.05, 0.1) is 0 Å². The van der Waals surface area contributed by atoms with E-state index in [2.05, 4.69) is 39.5 Å². The lowest BCUT2D eigenvalue weighted by molar-refractivity contribution is 0.0764. The molecular weight excluding hydrogens is 254 g/mol. The van der Waals surface area contributed by atoms with Crippen LogP contribution in [0.5, 0.6) is 0 Å². The van der Waals surface area contributed by atoms with E-state index in [4.69, 9.17) is 0 Å². The van der Waals surface area contributed by atoms with Crippen molar-refractivity contribution in [2.45, 2.75) is 32.1 Å². The van der Waals surface area contributed by atoms with Crippen LogP contribution in [0.15, 0.2) is 40.8 Å². The number of carbonyl (C=O) groups excluding carboxylic acids is 1. The molecule has 0 fully saturated rings. The van der Waals surface area contributed by atoms with Gasteiger partial charge in [0.15, 0.2) is 0 Å². The zero-order valence-electron chi connectivity index (χ0n) is 11.8. The molecule has 0 aromatic heterocycles. The van der Waals surface area contributed by atoms with E-state index in [1.807, 2.05) is 29.2 Å². The Morgan fingerprint density at radius 1 is 1.32 bits per heavy atom. The summed E-state index contributed by atoms with van der Waals surface area (Å²) in [6.45, 7) is 8.18. The molecule has 1 aromatic carbocycles. The third kappa shape index (κ3) is 3.41. The van der Waals surface area contributed by atoms with Crippen molar-refractivity contribution in [3.05, 3.63) is 41.5 Å². The fourth-order valence-electron chi connectivity index (χ4n) is 2.36. The Morgan fingerprint density at radius 2 is 2.05 bits per heavy atom. The molecule has 0 spiro atoms. The molecule has 19 heavy (non-hydrogen) atoms. The minimum Gasteiger partial charge on any atom is -0.335 e. The fourth-order valence-corrected chi connectivity index (χ4v) is 2.58. The quantitative estimate of drug-likeness (QED) is 0.610. The largest absolute Gasteiger partial charge is 0.335 e. The van der Waals surface area contributed by atoms with Crippen molar-refractivity contribution in [3.8, 4) is 0 Å². The first kappa shape index (κ1) is 14.2. The predicted molar refractivity (Wildman–Crippen MR) is 81.8 cm³/mol. The van der Waals surface area contributed by atoms with E-state index in [1.165, 1.54) is 5.57 Å². The molecule has 0 saturated carbocycles. The van der Waals surface area contributed by atoms with Gasteiger partial charge in [-0.3, -0.25) is 4.79 Å². The maximum Gasteiger partial charge on any atom is 0.254 e. The summed E-state index contributed by atoms with van der Waals surface area (Å²) in [5, 5.41) is 0. The molecule has 0 bridgehead atoms. The van der Waals surface area contributed by atoms with E-state index in [-0.39, 0.29) is 11.3 Å². The normalized spacial score (nSPS) is 16.2. The maximum atomic E-state index is 12.4. The third-order valence-electron chi connectivity index (χ3n) is 3.55. The summed E-state index contributed by atoms with van der Waals surface area (Å²) in [4.78, 5) is 15.1. The SMILES string of the molecule is CC(C)(C)C1=CCN(C(=O)c2cccc(S)c2)CC1. The molecule has 102 valence electrons. The van der Waals surface area contributed by atoms with Crippen molar-refractivity contribution in [1.29, 1.82) is 0 Å². The molecule has 0 aliphatic carbocycles. The highest BCUT2D eigenvalue weighted by atomic mass is 32.1. The number of rotatable bonds is 1. The first-order valence-electron chi connectivity index (χ1n) is 6.66. The van der Waals surface area contributed by atoms with Crippen LogP contribution in [-0.2, 0) is 0 Å². The van der Waals surface area contributed by atoms with E-state index in [1.54, 1.807) is 0 Å². The van der Waals surface area contributed by atoms with Gasteiger partial charge in [0.1, 0.15) is 0 Å². The number of amides is 1. The summed E-state index contributed by atoms with van der Waals surface area (Å²) in [6.07, 6.45) is 3.17. The summed E-state index contributed by atoms with van der Waals surface area (Å²) in [7, 11) is 0. The fraction of sp³-hybridized carbons (Fsp3) is 0.438. The van der Waals surface area contributed by atoms with Crippen molar-refractivity contribution in [2.24, 2.45) is 5.41 Å². The summed E-state index contributed by atoms with van der Waals surface area (Å²) in [5.41, 5.74) is 2.37. The van der Waals surface area contributed by atoms with Crippen LogP contribution in [0.3, 0.4) is 0 Å². The van der Waals surface area contributed by atoms with Gasteiger partial charge in [-0.25, -0.2) is 0 Å². The van der Waals surface area contributed by atoms with E-state index in [0.29, 0.717) is 6.54 Å². The third-order valence-corrected chi connectivity index (χ3v) is 3.83. The van der Waals surface area contributed by atoms with E-state index in [9.17, 15) is 4.79 Å². The Balaban J connectivity index is 2.10. The van der Waals surface area contributed by atoms with E-state index in [0.717, 1.165) is 23.4 Å². The summed E-state index contributed by atoms with van der Waals surface area (Å²) < 4.78 is 0. The highest BCUT2D eigenvalue weighted by molar-refractivity contribution is 7.80. The van der Waals surface area contributed by atoms with Crippen LogP contribution in [0, 0.1) is 5.41 Å². The Kier molecular flexibility index (Phi) is 4.04. The smallest absolute Gasteiger partial charge is 0.254 e. The zero-order valence-corrected chi connectivity index (χ0v) is 12.7. The number of hydrogen-bond donors (Lipinski definition) is 1. The summed E-state index contributed by atoms with van der Waals surface area (Å²) in [6, 6.07) is 7.43. The maximum absolute atomic E-state index is 12.4. The Labute approximate surface area is 120 Å². The molecule has 3 heteroatoms. The summed E-state index contributed by atoms with van der Waals surface area (Å²) >= 11 is 4.28. The van der Waals surface area contributed by atoms with Gasteiger partial charge in [0.2, 0.25) is 0 Å². The second-order valence-electron chi connectivity index (χ2n) is 6.03. The zero-order chi connectivity index (χ0) is 14.0. The van der Waals surface area contributed by atoms with Gasteiger partial charge in [-0.05, 0) is 30.0 Å². The van der Waals surface area contributed by atoms with Gasteiger partial charge in [-0.15, -0.1) is 12.6 Å². The van der Waals surface area contributed by atoms with Gasteiger partial charge < -0.3 is 4.90 Å². The lowest BCUT2D eigenvalue weighted by Crippen LogP contribution is -2.36. The molecule has 2 nitrogen and oxygen atoms in total. The Hall–Kier alpha value is -1.22. The number of thiol groups is 1. The lowest BCUT2D eigenvalue weighted by Gasteiger charge is -2.32. The Morgan fingerprint density at radius 3 is 2.58 bits per heavy atom. The second-order valence-corrected chi connectivity index (χ2v) is 6.55. The van der Waals surface area contributed by atoms with Crippen molar-refractivity contribution in [1.82, 2.24) is 4.90 Å². The minimum atomic E-state index is 0.0973. The molecule has 0 radical (unpaired) electrons. The average molecular weight is 275 g/mol. The molecule has 1 amide bonds. The number of hydrogen-bond acceptors (Lipinski definition) is 2. The molecule has 0 saturated heterocycles. The van der Waals surface area contributed by atoms with Crippen LogP contribution in [0.4, 0.5) is 0 Å². The van der Waals surface area contributed by atoms with Crippen molar-refractivity contribution in [2.75, 3.05) is 13.1 Å². The van der Waals surface area contributed by atoms with Gasteiger partial charge in [0, 0.05) is 23.5 Å². The highest BCUT2D eigenvalue weighted by Gasteiger charge is 2.24. The highest BCUT2D eigenvalue weighted by Crippen LogP contribution is 2.30. The van der Waals surface area contributed by atoms with Crippen molar-refractivity contribution >= 4 is 18.5 Å². The van der Waals surface area contributed by atoms with Crippen LogP contribution in [0.2, 0.25) is 0 Å². The topological polar surface area (TPSA) is 20.3 Å². The summed E-state index contributed by atoms with van der Waals surface area (Å²) in [5.74, 6) is 0.0973. The number of benzene rings is 1. The van der Waals surface area contributed by atoms with Crippen LogP contribution < -0.4 is 0 Å². The van der Waals surface area contributed by atoms with Crippen LogP contribution in [-0.4, -0.2) is 23.9 Å². The minimum absolute atomic E-state index is 0.0973. The monoisotopic (exact) mass is 275 g/mol. The molecular formula is C16H21NOS. The van der Waals surface area contributed by atoms with Crippen molar-refractivity contribution < 1.29 is 4.79 Å². The number of carbonyl (C=O) groups is 1.